The number of esters is 3. The van der Waals surface area contributed by atoms with Crippen molar-refractivity contribution in [3.63, 3.8) is 0 Å². The van der Waals surface area contributed by atoms with E-state index >= 15 is 0 Å². The van der Waals surface area contributed by atoms with Crippen LogP contribution in [-0.2, 0) is 28.6 Å². The Morgan fingerprint density at radius 1 is 0.253 bits per heavy atom. The summed E-state index contributed by atoms with van der Waals surface area (Å²) in [5.74, 6) is -0.841. The molecule has 1 atom stereocenters. The standard InChI is InChI=1S/C69H132O6/c1-4-7-10-13-16-19-22-25-28-30-32-33-34-35-36-38-39-41-44-47-50-53-56-59-62-68(71)74-65-66(64-73-67(70)61-58-55-52-49-46-43-27-24-21-18-15-12-9-6-3)75-69(72)63-60-57-54-51-48-45-42-40-37-31-29-26-23-20-17-14-11-8-5-2/h24,27,66H,4-23,25-26,28-65H2,1-3H3/b27-24-. The van der Waals surface area contributed by atoms with E-state index in [2.05, 4.69) is 32.9 Å². The van der Waals surface area contributed by atoms with Gasteiger partial charge in [-0.3, -0.25) is 14.4 Å². The third-order valence-corrected chi connectivity index (χ3v) is 15.8. The smallest absolute Gasteiger partial charge is 0.306 e. The molecule has 6 heteroatoms. The van der Waals surface area contributed by atoms with Crippen LogP contribution >= 0.6 is 0 Å². The van der Waals surface area contributed by atoms with Crippen LogP contribution in [-0.4, -0.2) is 37.2 Å². The van der Waals surface area contributed by atoms with Gasteiger partial charge >= 0.3 is 17.9 Å². The van der Waals surface area contributed by atoms with Crippen LogP contribution in [0, 0.1) is 0 Å². The number of carbonyl (C=O) groups is 3. The molecule has 0 aliphatic carbocycles. The molecule has 0 amide bonds. The fourth-order valence-electron chi connectivity index (χ4n) is 10.6. The first-order valence-corrected chi connectivity index (χ1v) is 34.2. The summed E-state index contributed by atoms with van der Waals surface area (Å²) in [5.41, 5.74) is 0. The Kier molecular flexibility index (Phi) is 63.1. The van der Waals surface area contributed by atoms with E-state index in [4.69, 9.17) is 14.2 Å². The maximum atomic E-state index is 12.9. The first-order chi connectivity index (χ1) is 37.0. The van der Waals surface area contributed by atoms with Crippen molar-refractivity contribution >= 4 is 17.9 Å². The Labute approximate surface area is 469 Å². The van der Waals surface area contributed by atoms with Gasteiger partial charge in [-0.25, -0.2) is 0 Å². The van der Waals surface area contributed by atoms with Gasteiger partial charge in [0, 0.05) is 19.3 Å². The largest absolute Gasteiger partial charge is 0.462 e. The summed E-state index contributed by atoms with van der Waals surface area (Å²) in [5, 5.41) is 0. The molecular weight excluding hydrogens is 925 g/mol. The number of hydrogen-bond donors (Lipinski definition) is 0. The molecule has 0 rings (SSSR count). The van der Waals surface area contributed by atoms with Crippen molar-refractivity contribution in [1.82, 2.24) is 0 Å². The van der Waals surface area contributed by atoms with E-state index in [1.165, 1.54) is 289 Å². The lowest BCUT2D eigenvalue weighted by Gasteiger charge is -2.18. The number of carbonyl (C=O) groups excluding carboxylic acids is 3. The van der Waals surface area contributed by atoms with Crippen molar-refractivity contribution in [2.75, 3.05) is 13.2 Å². The Morgan fingerprint density at radius 2 is 0.440 bits per heavy atom. The Hall–Kier alpha value is -1.85. The molecule has 0 aliphatic rings. The summed E-state index contributed by atoms with van der Waals surface area (Å²) in [7, 11) is 0. The summed E-state index contributed by atoms with van der Waals surface area (Å²) >= 11 is 0. The molecule has 0 spiro atoms. The number of ether oxygens (including phenoxy) is 3. The highest BCUT2D eigenvalue weighted by atomic mass is 16.6. The maximum Gasteiger partial charge on any atom is 0.306 e. The lowest BCUT2D eigenvalue weighted by Crippen LogP contribution is -2.30. The summed E-state index contributed by atoms with van der Waals surface area (Å²) in [6.07, 6.45) is 76.6. The minimum Gasteiger partial charge on any atom is -0.462 e. The van der Waals surface area contributed by atoms with Crippen LogP contribution in [0.1, 0.15) is 393 Å². The number of unbranched alkanes of at least 4 members (excludes halogenated alkanes) is 51. The van der Waals surface area contributed by atoms with Crippen LogP contribution in [0.4, 0.5) is 0 Å². The lowest BCUT2D eigenvalue weighted by molar-refractivity contribution is -0.167. The number of hydrogen-bond acceptors (Lipinski definition) is 6. The van der Waals surface area contributed by atoms with Crippen LogP contribution in [0.5, 0.6) is 0 Å². The molecule has 0 N–H and O–H groups in total. The van der Waals surface area contributed by atoms with E-state index < -0.39 is 6.10 Å². The zero-order valence-corrected chi connectivity index (χ0v) is 51.1. The molecule has 6 nitrogen and oxygen atoms in total. The highest BCUT2D eigenvalue weighted by Crippen LogP contribution is 2.19. The highest BCUT2D eigenvalue weighted by molar-refractivity contribution is 5.71. The first kappa shape index (κ1) is 73.2. The number of rotatable bonds is 64. The summed E-state index contributed by atoms with van der Waals surface area (Å²) in [6, 6.07) is 0. The molecule has 444 valence electrons. The summed E-state index contributed by atoms with van der Waals surface area (Å²) in [4.78, 5) is 38.4. The minimum absolute atomic E-state index is 0.0657. The third kappa shape index (κ3) is 62.9. The van der Waals surface area contributed by atoms with E-state index in [-0.39, 0.29) is 31.1 Å². The summed E-state index contributed by atoms with van der Waals surface area (Å²) in [6.45, 7) is 6.71. The SMILES string of the molecule is CCCCCCC/C=C\CCCCCCCC(=O)OCC(COC(=O)CCCCCCCCCCCCCCCCCCCCCCCCCC)OC(=O)CCCCCCCCCCCCCCCCCCCCC. The molecule has 75 heavy (non-hydrogen) atoms. The van der Waals surface area contributed by atoms with Gasteiger partial charge in [-0.15, -0.1) is 0 Å². The molecule has 0 radical (unpaired) electrons. The predicted molar refractivity (Wildman–Crippen MR) is 326 cm³/mol. The van der Waals surface area contributed by atoms with Crippen molar-refractivity contribution in [2.24, 2.45) is 0 Å². The fraction of sp³-hybridized carbons (Fsp3) is 0.928. The molecule has 0 bridgehead atoms. The quantitative estimate of drug-likeness (QED) is 0.0261. The normalized spacial score (nSPS) is 12.0. The van der Waals surface area contributed by atoms with E-state index in [9.17, 15) is 14.4 Å². The molecule has 0 aliphatic heterocycles. The van der Waals surface area contributed by atoms with Crippen LogP contribution < -0.4 is 0 Å². The van der Waals surface area contributed by atoms with Crippen molar-refractivity contribution in [3.8, 4) is 0 Å². The number of allylic oxidation sites excluding steroid dienone is 2. The average molecular weight is 1060 g/mol. The Bertz CT molecular complexity index is 1170. The Balaban J connectivity index is 4.23. The Morgan fingerprint density at radius 3 is 0.667 bits per heavy atom. The van der Waals surface area contributed by atoms with E-state index in [0.29, 0.717) is 19.3 Å². The topological polar surface area (TPSA) is 78.9 Å². The van der Waals surface area contributed by atoms with Crippen molar-refractivity contribution in [1.29, 1.82) is 0 Å². The molecular formula is C69H132O6. The zero-order chi connectivity index (χ0) is 54.3. The van der Waals surface area contributed by atoms with E-state index in [1.54, 1.807) is 0 Å². The monoisotopic (exact) mass is 1060 g/mol. The molecule has 0 fully saturated rings. The molecule has 1 unspecified atom stereocenters. The van der Waals surface area contributed by atoms with E-state index in [1.807, 2.05) is 0 Å². The minimum atomic E-state index is -0.769. The highest BCUT2D eigenvalue weighted by Gasteiger charge is 2.19. The second kappa shape index (κ2) is 64.7. The van der Waals surface area contributed by atoms with Gasteiger partial charge in [-0.1, -0.05) is 341 Å². The van der Waals surface area contributed by atoms with E-state index in [0.717, 1.165) is 64.2 Å². The summed E-state index contributed by atoms with van der Waals surface area (Å²) < 4.78 is 17.0. The van der Waals surface area contributed by atoms with Crippen LogP contribution in [0.3, 0.4) is 0 Å². The van der Waals surface area contributed by atoms with Gasteiger partial charge in [-0.05, 0) is 44.9 Å². The van der Waals surface area contributed by atoms with Crippen molar-refractivity contribution in [3.05, 3.63) is 12.2 Å². The molecule has 0 aromatic carbocycles. The van der Waals surface area contributed by atoms with Gasteiger partial charge in [0.2, 0.25) is 0 Å². The van der Waals surface area contributed by atoms with Crippen LogP contribution in [0.25, 0.3) is 0 Å². The second-order valence-corrected chi connectivity index (χ2v) is 23.5. The molecule has 0 saturated carbocycles. The predicted octanol–water partition coefficient (Wildman–Crippen LogP) is 23.2. The molecule has 0 aromatic rings. The van der Waals surface area contributed by atoms with Gasteiger partial charge in [0.1, 0.15) is 13.2 Å². The zero-order valence-electron chi connectivity index (χ0n) is 51.1. The van der Waals surface area contributed by atoms with Gasteiger partial charge in [-0.2, -0.15) is 0 Å². The van der Waals surface area contributed by atoms with Gasteiger partial charge in [0.05, 0.1) is 0 Å². The van der Waals surface area contributed by atoms with Gasteiger partial charge in [0.15, 0.2) is 6.10 Å². The molecule has 0 aromatic heterocycles. The molecule has 0 heterocycles. The van der Waals surface area contributed by atoms with Crippen LogP contribution in [0.2, 0.25) is 0 Å². The van der Waals surface area contributed by atoms with Gasteiger partial charge in [0.25, 0.3) is 0 Å². The fourth-order valence-corrected chi connectivity index (χ4v) is 10.6. The first-order valence-electron chi connectivity index (χ1n) is 34.2. The second-order valence-electron chi connectivity index (χ2n) is 23.5. The van der Waals surface area contributed by atoms with Crippen LogP contribution in [0.15, 0.2) is 12.2 Å². The van der Waals surface area contributed by atoms with Crippen molar-refractivity contribution < 1.29 is 28.6 Å². The molecule has 0 saturated heterocycles. The third-order valence-electron chi connectivity index (χ3n) is 15.8. The van der Waals surface area contributed by atoms with Gasteiger partial charge < -0.3 is 14.2 Å². The van der Waals surface area contributed by atoms with Crippen molar-refractivity contribution in [2.45, 2.75) is 399 Å². The lowest BCUT2D eigenvalue weighted by atomic mass is 10.0. The maximum absolute atomic E-state index is 12.9. The average Bonchev–Trinajstić information content (AvgIpc) is 3.41.